The van der Waals surface area contributed by atoms with Crippen LogP contribution in [0.5, 0.6) is 0 Å². The van der Waals surface area contributed by atoms with E-state index in [1.807, 2.05) is 13.0 Å². The van der Waals surface area contributed by atoms with Gasteiger partial charge in [-0.3, -0.25) is 0 Å². The van der Waals surface area contributed by atoms with Crippen LogP contribution in [0.1, 0.15) is 20.3 Å². The van der Waals surface area contributed by atoms with Crippen LogP contribution in [0, 0.1) is 0 Å². The number of carbonyl (C=O) groups is 1. The highest BCUT2D eigenvalue weighted by Gasteiger charge is 2.32. The molecule has 0 saturated heterocycles. The third kappa shape index (κ3) is 3.57. The molecule has 0 amide bonds. The molecule has 0 aromatic heterocycles. The Hall–Kier alpha value is -1.33. The van der Waals surface area contributed by atoms with Crippen molar-refractivity contribution in [3.63, 3.8) is 0 Å². The van der Waals surface area contributed by atoms with Crippen LogP contribution >= 0.6 is 0 Å². The standard InChI is InChI=1S/C12H18O5/c1-8(6-13)4-5-10-11(16-7-15-3)9(2)12(14)17-10/h4,10,13H,5-7H2,1-3H3. The second kappa shape index (κ2) is 6.42. The smallest absolute Gasteiger partial charge is 0.338 e. The summed E-state index contributed by atoms with van der Waals surface area (Å²) in [4.78, 5) is 11.4. The van der Waals surface area contributed by atoms with Crippen molar-refractivity contribution in [1.29, 1.82) is 0 Å². The monoisotopic (exact) mass is 242 g/mol. The molecule has 1 unspecified atom stereocenters. The van der Waals surface area contributed by atoms with Crippen molar-refractivity contribution in [1.82, 2.24) is 0 Å². The van der Waals surface area contributed by atoms with Gasteiger partial charge >= 0.3 is 5.97 Å². The van der Waals surface area contributed by atoms with Crippen molar-refractivity contribution < 1.29 is 24.1 Å². The fraction of sp³-hybridized carbons (Fsp3) is 0.583. The molecule has 0 saturated carbocycles. The normalized spacial score (nSPS) is 20.8. The molecule has 1 atom stereocenters. The lowest BCUT2D eigenvalue weighted by molar-refractivity contribution is -0.140. The molecule has 17 heavy (non-hydrogen) atoms. The van der Waals surface area contributed by atoms with Crippen LogP contribution < -0.4 is 0 Å². The Bertz CT molecular complexity index is 343. The maximum atomic E-state index is 11.4. The summed E-state index contributed by atoms with van der Waals surface area (Å²) in [5, 5.41) is 8.88. The highest BCUT2D eigenvalue weighted by Crippen LogP contribution is 2.26. The van der Waals surface area contributed by atoms with E-state index >= 15 is 0 Å². The lowest BCUT2D eigenvalue weighted by Crippen LogP contribution is -2.13. The molecule has 5 heteroatoms. The number of cyclic esters (lactones) is 1. The van der Waals surface area contributed by atoms with Crippen LogP contribution in [-0.4, -0.2) is 37.7 Å². The van der Waals surface area contributed by atoms with Gasteiger partial charge < -0.3 is 19.3 Å². The number of hydrogen-bond acceptors (Lipinski definition) is 5. The molecular weight excluding hydrogens is 224 g/mol. The van der Waals surface area contributed by atoms with E-state index < -0.39 is 6.10 Å². The quantitative estimate of drug-likeness (QED) is 0.430. The Balaban J connectivity index is 2.69. The molecule has 0 bridgehead atoms. The van der Waals surface area contributed by atoms with Gasteiger partial charge in [-0.25, -0.2) is 4.79 Å². The topological polar surface area (TPSA) is 65.0 Å². The van der Waals surface area contributed by atoms with Crippen LogP contribution in [0.4, 0.5) is 0 Å². The van der Waals surface area contributed by atoms with Gasteiger partial charge in [-0.15, -0.1) is 0 Å². The molecule has 0 fully saturated rings. The van der Waals surface area contributed by atoms with Gasteiger partial charge in [-0.2, -0.15) is 0 Å². The molecule has 0 aromatic rings. The molecule has 96 valence electrons. The van der Waals surface area contributed by atoms with Crippen LogP contribution in [0.2, 0.25) is 0 Å². The van der Waals surface area contributed by atoms with E-state index in [0.29, 0.717) is 17.8 Å². The summed E-state index contributed by atoms with van der Waals surface area (Å²) >= 11 is 0. The largest absolute Gasteiger partial charge is 0.467 e. The van der Waals surface area contributed by atoms with E-state index in [9.17, 15) is 4.79 Å². The average Bonchev–Trinajstić information content (AvgIpc) is 2.60. The van der Waals surface area contributed by atoms with E-state index in [1.165, 1.54) is 7.11 Å². The van der Waals surface area contributed by atoms with Crippen molar-refractivity contribution in [2.24, 2.45) is 0 Å². The summed E-state index contributed by atoms with van der Waals surface area (Å²) in [5.41, 5.74) is 1.30. The first-order valence-corrected chi connectivity index (χ1v) is 5.40. The first-order chi connectivity index (χ1) is 8.10. The van der Waals surface area contributed by atoms with Crippen molar-refractivity contribution in [3.8, 4) is 0 Å². The van der Waals surface area contributed by atoms with Crippen LogP contribution in [0.25, 0.3) is 0 Å². The van der Waals surface area contributed by atoms with E-state index in [-0.39, 0.29) is 19.4 Å². The molecule has 0 aliphatic carbocycles. The average molecular weight is 242 g/mol. The van der Waals surface area contributed by atoms with E-state index in [0.717, 1.165) is 5.57 Å². The molecule has 1 aliphatic heterocycles. The Labute approximate surface area is 101 Å². The second-order valence-electron chi connectivity index (χ2n) is 3.88. The number of esters is 1. The molecule has 1 heterocycles. The van der Waals surface area contributed by atoms with Gasteiger partial charge in [0.1, 0.15) is 0 Å². The van der Waals surface area contributed by atoms with Gasteiger partial charge in [0, 0.05) is 13.5 Å². The van der Waals surface area contributed by atoms with Crippen molar-refractivity contribution >= 4 is 5.97 Å². The molecule has 1 aliphatic rings. The van der Waals surface area contributed by atoms with Gasteiger partial charge in [0.2, 0.25) is 0 Å². The Morgan fingerprint density at radius 1 is 1.59 bits per heavy atom. The fourth-order valence-electron chi connectivity index (χ4n) is 1.46. The predicted molar refractivity (Wildman–Crippen MR) is 61.0 cm³/mol. The first-order valence-electron chi connectivity index (χ1n) is 5.40. The van der Waals surface area contributed by atoms with Crippen LogP contribution in [0.15, 0.2) is 23.0 Å². The Kier molecular flexibility index (Phi) is 5.18. The highest BCUT2D eigenvalue weighted by atomic mass is 16.7. The number of hydrogen-bond donors (Lipinski definition) is 1. The SMILES string of the molecule is COCOC1=C(C)C(=O)OC1CC=C(C)CO. The molecule has 5 nitrogen and oxygen atoms in total. The zero-order valence-electron chi connectivity index (χ0n) is 10.4. The van der Waals surface area contributed by atoms with Crippen LogP contribution in [0.3, 0.4) is 0 Å². The molecule has 0 spiro atoms. The molecule has 0 radical (unpaired) electrons. The molecule has 1 rings (SSSR count). The number of aliphatic hydroxyl groups excluding tert-OH is 1. The third-order valence-electron chi connectivity index (χ3n) is 2.48. The summed E-state index contributed by atoms with van der Waals surface area (Å²) in [5.74, 6) is 0.148. The third-order valence-corrected chi connectivity index (χ3v) is 2.48. The summed E-state index contributed by atoms with van der Waals surface area (Å²) < 4.78 is 15.3. The first kappa shape index (κ1) is 13.7. The van der Waals surface area contributed by atoms with Gasteiger partial charge in [0.05, 0.1) is 12.2 Å². The van der Waals surface area contributed by atoms with Crippen molar-refractivity contribution in [2.45, 2.75) is 26.4 Å². The number of aliphatic hydroxyl groups is 1. The Morgan fingerprint density at radius 3 is 2.88 bits per heavy atom. The lowest BCUT2D eigenvalue weighted by Gasteiger charge is -2.13. The lowest BCUT2D eigenvalue weighted by atomic mass is 10.1. The molecular formula is C12H18O5. The summed E-state index contributed by atoms with van der Waals surface area (Å²) in [6, 6.07) is 0. The minimum atomic E-state index is -0.417. The Morgan fingerprint density at radius 2 is 2.29 bits per heavy atom. The van der Waals surface area contributed by atoms with E-state index in [2.05, 4.69) is 0 Å². The second-order valence-corrected chi connectivity index (χ2v) is 3.88. The zero-order chi connectivity index (χ0) is 12.8. The van der Waals surface area contributed by atoms with Crippen molar-refractivity contribution in [2.75, 3.05) is 20.5 Å². The van der Waals surface area contributed by atoms with E-state index in [4.69, 9.17) is 19.3 Å². The number of rotatable bonds is 6. The number of carbonyl (C=O) groups excluding carboxylic acids is 1. The van der Waals surface area contributed by atoms with Gasteiger partial charge in [0.25, 0.3) is 0 Å². The van der Waals surface area contributed by atoms with Gasteiger partial charge in [-0.1, -0.05) is 11.6 Å². The maximum absolute atomic E-state index is 11.4. The number of methoxy groups -OCH3 is 1. The summed E-state index contributed by atoms with van der Waals surface area (Å²) in [7, 11) is 1.51. The van der Waals surface area contributed by atoms with Gasteiger partial charge in [0.15, 0.2) is 18.7 Å². The maximum Gasteiger partial charge on any atom is 0.338 e. The van der Waals surface area contributed by atoms with E-state index in [1.54, 1.807) is 6.92 Å². The number of ether oxygens (including phenoxy) is 3. The van der Waals surface area contributed by atoms with Gasteiger partial charge in [-0.05, 0) is 13.8 Å². The molecule has 0 aromatic carbocycles. The summed E-state index contributed by atoms with van der Waals surface area (Å²) in [6.07, 6.45) is 1.90. The fourth-order valence-corrected chi connectivity index (χ4v) is 1.46. The highest BCUT2D eigenvalue weighted by molar-refractivity contribution is 5.91. The summed E-state index contributed by atoms with van der Waals surface area (Å²) in [6.45, 7) is 3.55. The predicted octanol–water partition coefficient (Wildman–Crippen LogP) is 1.14. The zero-order valence-corrected chi connectivity index (χ0v) is 10.4. The van der Waals surface area contributed by atoms with Crippen molar-refractivity contribution in [3.05, 3.63) is 23.0 Å². The minimum Gasteiger partial charge on any atom is -0.467 e. The minimum absolute atomic E-state index is 0.00236. The molecule has 1 N–H and O–H groups in total. The van der Waals surface area contributed by atoms with Crippen LogP contribution in [-0.2, 0) is 19.0 Å².